The second-order valence-corrected chi connectivity index (χ2v) is 4.54. The van der Waals surface area contributed by atoms with Crippen molar-refractivity contribution in [3.05, 3.63) is 34.4 Å². The number of hydrogen-bond acceptors (Lipinski definition) is 8. The molecule has 116 valence electrons. The van der Waals surface area contributed by atoms with Gasteiger partial charge in [0.15, 0.2) is 5.75 Å². The van der Waals surface area contributed by atoms with E-state index in [9.17, 15) is 25.4 Å². The molecule has 1 aromatic rings. The number of nitro benzene ring substituents is 1. The molecule has 0 spiro atoms. The summed E-state index contributed by atoms with van der Waals surface area (Å²) < 4.78 is 10.3. The van der Waals surface area contributed by atoms with Crippen molar-refractivity contribution in [3.8, 4) is 5.75 Å². The highest BCUT2D eigenvalue weighted by atomic mass is 16.7. The molecule has 0 amide bonds. The Morgan fingerprint density at radius 1 is 1.19 bits per heavy atom. The van der Waals surface area contributed by atoms with Crippen LogP contribution in [0.4, 0.5) is 5.69 Å². The fourth-order valence-corrected chi connectivity index (χ4v) is 2.00. The van der Waals surface area contributed by atoms with Gasteiger partial charge in [-0.15, -0.1) is 0 Å². The van der Waals surface area contributed by atoms with Crippen LogP contribution in [0.15, 0.2) is 24.3 Å². The first-order valence-electron chi connectivity index (χ1n) is 6.16. The number of aliphatic hydroxyl groups is 4. The summed E-state index contributed by atoms with van der Waals surface area (Å²) in [4.78, 5) is 10.2. The Morgan fingerprint density at radius 3 is 2.48 bits per heavy atom. The smallest absolute Gasteiger partial charge is 0.311 e. The average Bonchev–Trinajstić information content (AvgIpc) is 2.48. The highest BCUT2D eigenvalue weighted by molar-refractivity contribution is 5.45. The van der Waals surface area contributed by atoms with E-state index in [1.54, 1.807) is 0 Å². The molecule has 1 fully saturated rings. The zero-order chi connectivity index (χ0) is 15.6. The van der Waals surface area contributed by atoms with Crippen LogP contribution in [0, 0.1) is 10.1 Å². The normalized spacial score (nSPS) is 32.7. The topological polar surface area (TPSA) is 143 Å². The van der Waals surface area contributed by atoms with E-state index in [4.69, 9.17) is 14.6 Å². The molecule has 4 N–H and O–H groups in total. The lowest BCUT2D eigenvalue weighted by Crippen LogP contribution is -2.60. The SMILES string of the molecule is O=[N+]([O-])c1ccccc1OC1O[C@@H](CO)[C@H](O)[C@@H](O)[C@@H]1O. The van der Waals surface area contributed by atoms with Crippen LogP contribution in [0.1, 0.15) is 0 Å². The predicted molar refractivity (Wildman–Crippen MR) is 67.5 cm³/mol. The monoisotopic (exact) mass is 301 g/mol. The molecule has 1 unspecified atom stereocenters. The molecule has 1 aliphatic heterocycles. The first-order chi connectivity index (χ1) is 9.95. The van der Waals surface area contributed by atoms with Gasteiger partial charge in [-0.05, 0) is 6.07 Å². The molecular formula is C12H15NO8. The summed E-state index contributed by atoms with van der Waals surface area (Å²) in [6.07, 6.45) is -7.35. The summed E-state index contributed by atoms with van der Waals surface area (Å²) in [5, 5.41) is 49.0. The highest BCUT2D eigenvalue weighted by Gasteiger charge is 2.45. The van der Waals surface area contributed by atoms with Crippen LogP contribution in [0.25, 0.3) is 0 Å². The third kappa shape index (κ3) is 3.12. The summed E-state index contributed by atoms with van der Waals surface area (Å²) in [7, 11) is 0. The molecule has 0 bridgehead atoms. The average molecular weight is 301 g/mol. The maximum absolute atomic E-state index is 10.9. The summed E-state index contributed by atoms with van der Waals surface area (Å²) >= 11 is 0. The molecule has 0 radical (unpaired) electrons. The highest BCUT2D eigenvalue weighted by Crippen LogP contribution is 2.30. The first-order valence-corrected chi connectivity index (χ1v) is 6.16. The van der Waals surface area contributed by atoms with Gasteiger partial charge in [-0.1, -0.05) is 12.1 Å². The number of rotatable bonds is 4. The van der Waals surface area contributed by atoms with Crippen molar-refractivity contribution in [2.75, 3.05) is 6.61 Å². The lowest BCUT2D eigenvalue weighted by Gasteiger charge is -2.39. The molecular weight excluding hydrogens is 286 g/mol. The second-order valence-electron chi connectivity index (χ2n) is 4.54. The summed E-state index contributed by atoms with van der Waals surface area (Å²) in [5.41, 5.74) is -0.338. The van der Waals surface area contributed by atoms with Gasteiger partial charge >= 0.3 is 5.69 Å². The molecule has 2 rings (SSSR count). The second kappa shape index (κ2) is 6.33. The van der Waals surface area contributed by atoms with E-state index in [1.807, 2.05) is 0 Å². The number of para-hydroxylation sites is 2. The van der Waals surface area contributed by atoms with Gasteiger partial charge in [0, 0.05) is 6.07 Å². The number of aliphatic hydroxyl groups excluding tert-OH is 4. The van der Waals surface area contributed by atoms with Crippen molar-refractivity contribution in [3.63, 3.8) is 0 Å². The van der Waals surface area contributed by atoms with Crippen LogP contribution >= 0.6 is 0 Å². The zero-order valence-corrected chi connectivity index (χ0v) is 10.8. The lowest BCUT2D eigenvalue weighted by molar-refractivity contribution is -0.387. The van der Waals surface area contributed by atoms with Crippen LogP contribution in [0.5, 0.6) is 5.75 Å². The Bertz CT molecular complexity index is 508. The molecule has 1 saturated heterocycles. The quantitative estimate of drug-likeness (QED) is 0.400. The van der Waals surface area contributed by atoms with E-state index < -0.39 is 42.2 Å². The maximum Gasteiger partial charge on any atom is 0.311 e. The minimum Gasteiger partial charge on any atom is -0.455 e. The molecule has 9 nitrogen and oxygen atoms in total. The minimum absolute atomic E-state index is 0.160. The fraction of sp³-hybridized carbons (Fsp3) is 0.500. The molecule has 1 heterocycles. The standard InChI is InChI=1S/C12H15NO8/c14-5-8-9(15)10(16)11(17)12(21-8)20-7-4-2-1-3-6(7)13(18)19/h1-4,8-12,14-17H,5H2/t8-,9-,10+,11-,12?/m0/s1. The van der Waals surface area contributed by atoms with Crippen molar-refractivity contribution < 1.29 is 34.8 Å². The maximum atomic E-state index is 10.9. The Balaban J connectivity index is 2.20. The van der Waals surface area contributed by atoms with Crippen molar-refractivity contribution in [2.24, 2.45) is 0 Å². The van der Waals surface area contributed by atoms with Gasteiger partial charge in [0.05, 0.1) is 11.5 Å². The minimum atomic E-state index is -1.62. The van der Waals surface area contributed by atoms with E-state index >= 15 is 0 Å². The molecule has 0 aliphatic carbocycles. The van der Waals surface area contributed by atoms with Gasteiger partial charge < -0.3 is 29.9 Å². The molecule has 0 aromatic heterocycles. The number of nitrogens with zero attached hydrogens (tertiary/aromatic N) is 1. The zero-order valence-electron chi connectivity index (χ0n) is 10.8. The van der Waals surface area contributed by atoms with Crippen LogP contribution < -0.4 is 4.74 Å². The van der Waals surface area contributed by atoms with Crippen molar-refractivity contribution >= 4 is 5.69 Å². The van der Waals surface area contributed by atoms with Gasteiger partial charge in [0.25, 0.3) is 0 Å². The Hall–Kier alpha value is -1.78. The van der Waals surface area contributed by atoms with Crippen molar-refractivity contribution in [2.45, 2.75) is 30.7 Å². The lowest BCUT2D eigenvalue weighted by atomic mass is 9.99. The molecule has 1 aliphatic rings. The van der Waals surface area contributed by atoms with Gasteiger partial charge in [-0.3, -0.25) is 10.1 Å². The van der Waals surface area contributed by atoms with Crippen LogP contribution in [-0.4, -0.2) is 62.7 Å². The molecule has 1 aromatic carbocycles. The molecule has 5 atom stereocenters. The summed E-state index contributed by atoms with van der Waals surface area (Å²) in [6, 6.07) is 5.45. The van der Waals surface area contributed by atoms with E-state index in [0.29, 0.717) is 0 Å². The van der Waals surface area contributed by atoms with Crippen LogP contribution in [0.3, 0.4) is 0 Å². The Kier molecular flexibility index (Phi) is 4.70. The van der Waals surface area contributed by atoms with Crippen LogP contribution in [-0.2, 0) is 4.74 Å². The number of ether oxygens (including phenoxy) is 2. The summed E-state index contributed by atoms with van der Waals surface area (Å²) in [6.45, 7) is -0.609. The largest absolute Gasteiger partial charge is 0.455 e. The Labute approximate surface area is 119 Å². The molecule has 0 saturated carbocycles. The van der Waals surface area contributed by atoms with Crippen molar-refractivity contribution in [1.82, 2.24) is 0 Å². The number of benzene rings is 1. The van der Waals surface area contributed by atoms with E-state index in [1.165, 1.54) is 24.3 Å². The molecule has 21 heavy (non-hydrogen) atoms. The van der Waals surface area contributed by atoms with Gasteiger partial charge in [0.2, 0.25) is 6.29 Å². The first kappa shape index (κ1) is 15.6. The van der Waals surface area contributed by atoms with Gasteiger partial charge in [-0.25, -0.2) is 0 Å². The summed E-state index contributed by atoms with van der Waals surface area (Å²) in [5.74, 6) is -0.160. The van der Waals surface area contributed by atoms with E-state index in [2.05, 4.69) is 0 Å². The third-order valence-electron chi connectivity index (χ3n) is 3.15. The van der Waals surface area contributed by atoms with Crippen LogP contribution in [0.2, 0.25) is 0 Å². The third-order valence-corrected chi connectivity index (χ3v) is 3.15. The van der Waals surface area contributed by atoms with E-state index in [-0.39, 0.29) is 11.4 Å². The van der Waals surface area contributed by atoms with Crippen molar-refractivity contribution in [1.29, 1.82) is 0 Å². The fourth-order valence-electron chi connectivity index (χ4n) is 2.00. The van der Waals surface area contributed by atoms with E-state index in [0.717, 1.165) is 0 Å². The number of hydrogen-bond donors (Lipinski definition) is 4. The Morgan fingerprint density at radius 2 is 1.86 bits per heavy atom. The van der Waals surface area contributed by atoms with Gasteiger partial charge in [0.1, 0.15) is 24.4 Å². The predicted octanol–water partition coefficient (Wildman–Crippen LogP) is -1.23. The molecule has 9 heteroatoms. The number of nitro groups is 1. The van der Waals surface area contributed by atoms with Gasteiger partial charge in [-0.2, -0.15) is 0 Å².